The third-order valence-electron chi connectivity index (χ3n) is 3.36. The molecule has 2 unspecified atom stereocenters. The Morgan fingerprint density at radius 3 is 2.87 bits per heavy atom. The Hall–Kier alpha value is -0.120. The Morgan fingerprint density at radius 1 is 1.53 bits per heavy atom. The van der Waals surface area contributed by atoms with E-state index in [1.165, 1.54) is 32.2 Å². The van der Waals surface area contributed by atoms with Crippen LogP contribution in [0.3, 0.4) is 0 Å². The molecule has 0 radical (unpaired) electrons. The molecule has 3 heteroatoms. The molecule has 1 heterocycles. The van der Waals surface area contributed by atoms with E-state index in [9.17, 15) is 0 Å². The highest BCUT2D eigenvalue weighted by atomic mass is 16.5. The summed E-state index contributed by atoms with van der Waals surface area (Å²) in [5.41, 5.74) is 0.363. The molecule has 3 nitrogen and oxygen atoms in total. The molecule has 1 fully saturated rings. The summed E-state index contributed by atoms with van der Waals surface area (Å²) in [7, 11) is 1.77. The van der Waals surface area contributed by atoms with Gasteiger partial charge < -0.3 is 15.4 Å². The molecule has 0 aromatic carbocycles. The van der Waals surface area contributed by atoms with Gasteiger partial charge in [-0.05, 0) is 32.7 Å². The van der Waals surface area contributed by atoms with Crippen molar-refractivity contribution in [2.75, 3.05) is 26.7 Å². The molecule has 0 aliphatic carbocycles. The van der Waals surface area contributed by atoms with Crippen LogP contribution < -0.4 is 10.6 Å². The average Bonchev–Trinajstić information content (AvgIpc) is 2.67. The molecule has 0 amide bonds. The molecular weight excluding hydrogens is 188 g/mol. The molecule has 0 aromatic rings. The van der Waals surface area contributed by atoms with E-state index in [1.54, 1.807) is 7.11 Å². The second-order valence-corrected chi connectivity index (χ2v) is 4.74. The summed E-state index contributed by atoms with van der Waals surface area (Å²) in [5.74, 6) is 0. The molecular formula is C12H26N2O. The smallest absolute Gasteiger partial charge is 0.0667 e. The first-order valence-electron chi connectivity index (χ1n) is 6.21. The van der Waals surface area contributed by atoms with E-state index in [1.807, 2.05) is 0 Å². The van der Waals surface area contributed by atoms with Crippen molar-refractivity contribution >= 4 is 0 Å². The summed E-state index contributed by atoms with van der Waals surface area (Å²) in [4.78, 5) is 0. The molecule has 0 bridgehead atoms. The predicted octanol–water partition coefficient (Wildman–Crippen LogP) is 1.53. The van der Waals surface area contributed by atoms with Gasteiger partial charge in [-0.2, -0.15) is 0 Å². The lowest BCUT2D eigenvalue weighted by atomic mass is 9.92. The molecule has 0 saturated carbocycles. The zero-order chi connectivity index (χ0) is 11.1. The van der Waals surface area contributed by atoms with Gasteiger partial charge in [0, 0.05) is 25.7 Å². The summed E-state index contributed by atoms with van der Waals surface area (Å²) >= 11 is 0. The Kier molecular flexibility index (Phi) is 5.58. The van der Waals surface area contributed by atoms with E-state index in [-0.39, 0.29) is 0 Å². The third kappa shape index (κ3) is 4.09. The lowest BCUT2D eigenvalue weighted by Gasteiger charge is -2.30. The molecule has 0 spiro atoms. The largest absolute Gasteiger partial charge is 0.380 e. The van der Waals surface area contributed by atoms with Crippen molar-refractivity contribution < 1.29 is 4.74 Å². The van der Waals surface area contributed by atoms with Crippen LogP contribution in [-0.2, 0) is 4.74 Å². The van der Waals surface area contributed by atoms with E-state index in [4.69, 9.17) is 4.74 Å². The molecule has 1 rings (SSSR count). The maximum atomic E-state index is 5.22. The van der Waals surface area contributed by atoms with Crippen molar-refractivity contribution in [2.45, 2.75) is 51.2 Å². The van der Waals surface area contributed by atoms with Gasteiger partial charge in [0.2, 0.25) is 0 Å². The minimum atomic E-state index is 0.310. The van der Waals surface area contributed by atoms with Gasteiger partial charge in [0.1, 0.15) is 0 Å². The van der Waals surface area contributed by atoms with Crippen molar-refractivity contribution in [1.29, 1.82) is 0 Å². The second-order valence-electron chi connectivity index (χ2n) is 4.74. The first-order valence-corrected chi connectivity index (χ1v) is 6.21. The van der Waals surface area contributed by atoms with Gasteiger partial charge in [-0.1, -0.05) is 13.3 Å². The number of ether oxygens (including phenoxy) is 1. The maximum absolute atomic E-state index is 5.22. The zero-order valence-corrected chi connectivity index (χ0v) is 10.4. The van der Waals surface area contributed by atoms with Crippen molar-refractivity contribution in [3.63, 3.8) is 0 Å². The first kappa shape index (κ1) is 12.9. The minimum absolute atomic E-state index is 0.310. The lowest BCUT2D eigenvalue weighted by Crippen LogP contribution is -2.49. The Labute approximate surface area is 94.0 Å². The normalized spacial score (nSPS) is 28.2. The van der Waals surface area contributed by atoms with Crippen molar-refractivity contribution in [3.05, 3.63) is 0 Å². The third-order valence-corrected chi connectivity index (χ3v) is 3.36. The SMILES string of the molecule is CCCC1(CNCC(C)OC)CCCN1. The van der Waals surface area contributed by atoms with Crippen LogP contribution in [0.25, 0.3) is 0 Å². The van der Waals surface area contributed by atoms with Gasteiger partial charge in [0.05, 0.1) is 6.10 Å². The maximum Gasteiger partial charge on any atom is 0.0667 e. The molecule has 1 aliphatic heterocycles. The van der Waals surface area contributed by atoms with E-state index in [2.05, 4.69) is 24.5 Å². The minimum Gasteiger partial charge on any atom is -0.380 e. The number of nitrogens with one attached hydrogen (secondary N) is 2. The molecule has 15 heavy (non-hydrogen) atoms. The fraction of sp³-hybridized carbons (Fsp3) is 1.00. The van der Waals surface area contributed by atoms with Crippen LogP contribution in [0.4, 0.5) is 0 Å². The zero-order valence-electron chi connectivity index (χ0n) is 10.4. The summed E-state index contributed by atoms with van der Waals surface area (Å²) in [6.45, 7) is 7.57. The van der Waals surface area contributed by atoms with Gasteiger partial charge in [-0.25, -0.2) is 0 Å². The second kappa shape index (κ2) is 6.46. The van der Waals surface area contributed by atoms with Crippen LogP contribution in [0.15, 0.2) is 0 Å². The van der Waals surface area contributed by atoms with Gasteiger partial charge in [-0.3, -0.25) is 0 Å². The summed E-state index contributed by atoms with van der Waals surface area (Å²) < 4.78 is 5.22. The van der Waals surface area contributed by atoms with Gasteiger partial charge in [0.25, 0.3) is 0 Å². The molecule has 90 valence electrons. The van der Waals surface area contributed by atoms with Gasteiger partial charge >= 0.3 is 0 Å². The Balaban J connectivity index is 2.26. The van der Waals surface area contributed by atoms with E-state index in [0.717, 1.165) is 13.1 Å². The molecule has 1 saturated heterocycles. The fourth-order valence-corrected chi connectivity index (χ4v) is 2.40. The van der Waals surface area contributed by atoms with Crippen molar-refractivity contribution in [2.24, 2.45) is 0 Å². The van der Waals surface area contributed by atoms with E-state index < -0.39 is 0 Å². The van der Waals surface area contributed by atoms with Crippen LogP contribution in [0.2, 0.25) is 0 Å². The summed E-state index contributed by atoms with van der Waals surface area (Å²) in [6, 6.07) is 0. The van der Waals surface area contributed by atoms with Gasteiger partial charge in [0.15, 0.2) is 0 Å². The van der Waals surface area contributed by atoms with Crippen LogP contribution in [0.5, 0.6) is 0 Å². The first-order chi connectivity index (χ1) is 7.22. The number of hydrogen-bond donors (Lipinski definition) is 2. The number of rotatable bonds is 7. The number of methoxy groups -OCH3 is 1. The molecule has 1 aliphatic rings. The van der Waals surface area contributed by atoms with E-state index >= 15 is 0 Å². The van der Waals surface area contributed by atoms with Crippen LogP contribution in [-0.4, -0.2) is 38.4 Å². The molecule has 0 aromatic heterocycles. The van der Waals surface area contributed by atoms with Crippen LogP contribution >= 0.6 is 0 Å². The Morgan fingerprint density at radius 2 is 2.33 bits per heavy atom. The highest BCUT2D eigenvalue weighted by molar-refractivity contribution is 4.94. The van der Waals surface area contributed by atoms with Crippen molar-refractivity contribution in [3.8, 4) is 0 Å². The summed E-state index contributed by atoms with van der Waals surface area (Å²) in [5, 5.41) is 7.18. The number of hydrogen-bond acceptors (Lipinski definition) is 3. The van der Waals surface area contributed by atoms with E-state index in [0.29, 0.717) is 11.6 Å². The van der Waals surface area contributed by atoms with Crippen molar-refractivity contribution in [1.82, 2.24) is 10.6 Å². The fourth-order valence-electron chi connectivity index (χ4n) is 2.40. The van der Waals surface area contributed by atoms with Crippen LogP contribution in [0.1, 0.15) is 39.5 Å². The average molecular weight is 214 g/mol. The monoisotopic (exact) mass is 214 g/mol. The lowest BCUT2D eigenvalue weighted by molar-refractivity contribution is 0.114. The standard InChI is InChI=1S/C12H26N2O/c1-4-6-12(7-5-8-14-12)10-13-9-11(2)15-3/h11,13-14H,4-10H2,1-3H3. The molecule has 2 atom stereocenters. The molecule has 2 N–H and O–H groups in total. The topological polar surface area (TPSA) is 33.3 Å². The highest BCUT2D eigenvalue weighted by Gasteiger charge is 2.31. The van der Waals surface area contributed by atoms with Crippen LogP contribution in [0, 0.1) is 0 Å². The Bertz CT molecular complexity index is 167. The summed E-state index contributed by atoms with van der Waals surface area (Å²) in [6.07, 6.45) is 5.48. The highest BCUT2D eigenvalue weighted by Crippen LogP contribution is 2.23. The van der Waals surface area contributed by atoms with Gasteiger partial charge in [-0.15, -0.1) is 0 Å². The quantitative estimate of drug-likeness (QED) is 0.674. The predicted molar refractivity (Wildman–Crippen MR) is 64.2 cm³/mol.